The number of nitrogens with two attached hydrogens (primary N) is 1. The van der Waals surface area contributed by atoms with Gasteiger partial charge in [0.1, 0.15) is 0 Å². The quantitative estimate of drug-likeness (QED) is 0.613. The molecule has 1 aliphatic carbocycles. The van der Waals surface area contributed by atoms with Gasteiger partial charge in [0.25, 0.3) is 0 Å². The molecule has 1 atom stereocenters. The van der Waals surface area contributed by atoms with E-state index in [0.717, 1.165) is 19.1 Å². The molecule has 1 aliphatic rings. The van der Waals surface area contributed by atoms with Crippen molar-refractivity contribution in [2.24, 2.45) is 5.73 Å². The highest BCUT2D eigenvalue weighted by atomic mass is 16.5. The molecule has 0 bridgehead atoms. The van der Waals surface area contributed by atoms with Crippen molar-refractivity contribution in [2.45, 2.75) is 37.8 Å². The van der Waals surface area contributed by atoms with E-state index in [9.17, 15) is 0 Å². The van der Waals surface area contributed by atoms with E-state index in [1.165, 1.54) is 12.8 Å². The normalized spacial score (nSPS) is 22.2. The minimum atomic E-state index is 0.0805. The minimum absolute atomic E-state index is 0.0805. The number of hydrogen-bond donors (Lipinski definition) is 2. The third-order valence-electron chi connectivity index (χ3n) is 2.44. The molecule has 0 radical (unpaired) electrons. The van der Waals surface area contributed by atoms with Crippen molar-refractivity contribution in [3.8, 4) is 0 Å². The van der Waals surface area contributed by atoms with E-state index in [4.69, 9.17) is 10.5 Å². The molecular weight excluding hydrogens is 152 g/mol. The molecule has 1 fully saturated rings. The average Bonchev–Trinajstić information content (AvgIpc) is 2.85. The monoisotopic (exact) mass is 172 g/mol. The van der Waals surface area contributed by atoms with Crippen LogP contribution in [0, 0.1) is 0 Å². The highest BCUT2D eigenvalue weighted by molar-refractivity contribution is 4.93. The summed E-state index contributed by atoms with van der Waals surface area (Å²) in [5.41, 5.74) is 5.79. The van der Waals surface area contributed by atoms with Crippen LogP contribution in [-0.2, 0) is 4.74 Å². The Balaban J connectivity index is 2.25. The Labute approximate surface area is 74.7 Å². The molecule has 3 nitrogen and oxygen atoms in total. The lowest BCUT2D eigenvalue weighted by atomic mass is 9.98. The summed E-state index contributed by atoms with van der Waals surface area (Å²) in [5.74, 6) is 0. The summed E-state index contributed by atoms with van der Waals surface area (Å²) in [6.45, 7) is 3.64. The number of rotatable bonds is 6. The predicted octanol–water partition coefficient (Wildman–Crippen LogP) is 0.492. The summed E-state index contributed by atoms with van der Waals surface area (Å²) in [4.78, 5) is 0. The van der Waals surface area contributed by atoms with Gasteiger partial charge >= 0.3 is 0 Å². The SMILES string of the molecule is COCCC(C)(CN)NC1CC1. The molecule has 0 aliphatic heterocycles. The van der Waals surface area contributed by atoms with Crippen LogP contribution in [-0.4, -0.2) is 31.8 Å². The van der Waals surface area contributed by atoms with Crippen molar-refractivity contribution in [2.75, 3.05) is 20.3 Å². The van der Waals surface area contributed by atoms with E-state index in [-0.39, 0.29) is 5.54 Å². The third kappa shape index (κ3) is 3.09. The molecule has 1 rings (SSSR count). The van der Waals surface area contributed by atoms with Gasteiger partial charge in [0.05, 0.1) is 0 Å². The molecule has 0 amide bonds. The van der Waals surface area contributed by atoms with Gasteiger partial charge in [0, 0.05) is 31.8 Å². The highest BCUT2D eigenvalue weighted by Gasteiger charge is 2.30. The lowest BCUT2D eigenvalue weighted by Crippen LogP contribution is -2.50. The Morgan fingerprint density at radius 2 is 2.25 bits per heavy atom. The van der Waals surface area contributed by atoms with Crippen molar-refractivity contribution >= 4 is 0 Å². The molecule has 1 saturated carbocycles. The summed E-state index contributed by atoms with van der Waals surface area (Å²) >= 11 is 0. The molecule has 0 aromatic heterocycles. The second-order valence-electron chi connectivity index (χ2n) is 3.93. The third-order valence-corrected chi connectivity index (χ3v) is 2.44. The first-order valence-electron chi connectivity index (χ1n) is 4.67. The molecule has 0 aromatic carbocycles. The van der Waals surface area contributed by atoms with Crippen molar-refractivity contribution in [3.05, 3.63) is 0 Å². The zero-order chi connectivity index (χ0) is 9.03. The predicted molar refractivity (Wildman–Crippen MR) is 50.1 cm³/mol. The number of nitrogens with one attached hydrogen (secondary N) is 1. The maximum Gasteiger partial charge on any atom is 0.0480 e. The Kier molecular flexibility index (Phi) is 3.50. The fraction of sp³-hybridized carbons (Fsp3) is 1.00. The van der Waals surface area contributed by atoms with Gasteiger partial charge in [-0.3, -0.25) is 0 Å². The van der Waals surface area contributed by atoms with Crippen molar-refractivity contribution in [1.82, 2.24) is 5.32 Å². The van der Waals surface area contributed by atoms with Gasteiger partial charge in [-0.25, -0.2) is 0 Å². The Bertz CT molecular complexity index is 136. The van der Waals surface area contributed by atoms with E-state index in [1.807, 2.05) is 0 Å². The summed E-state index contributed by atoms with van der Waals surface area (Å²) in [6, 6.07) is 0.718. The van der Waals surface area contributed by atoms with Crippen LogP contribution in [0.5, 0.6) is 0 Å². The summed E-state index contributed by atoms with van der Waals surface area (Å²) in [6.07, 6.45) is 3.61. The van der Waals surface area contributed by atoms with Crippen LogP contribution in [0.3, 0.4) is 0 Å². The van der Waals surface area contributed by atoms with E-state index < -0.39 is 0 Å². The van der Waals surface area contributed by atoms with Gasteiger partial charge < -0.3 is 15.8 Å². The summed E-state index contributed by atoms with van der Waals surface area (Å²) < 4.78 is 5.05. The second-order valence-corrected chi connectivity index (χ2v) is 3.93. The molecular formula is C9H20N2O. The van der Waals surface area contributed by atoms with Gasteiger partial charge in [-0.15, -0.1) is 0 Å². The first-order valence-corrected chi connectivity index (χ1v) is 4.67. The van der Waals surface area contributed by atoms with Gasteiger partial charge in [-0.05, 0) is 26.2 Å². The second kappa shape index (κ2) is 4.21. The Morgan fingerprint density at radius 3 is 2.67 bits per heavy atom. The van der Waals surface area contributed by atoms with Crippen LogP contribution < -0.4 is 11.1 Å². The topological polar surface area (TPSA) is 47.3 Å². The maximum absolute atomic E-state index is 5.71. The lowest BCUT2D eigenvalue weighted by Gasteiger charge is -2.29. The van der Waals surface area contributed by atoms with Gasteiger partial charge in [-0.2, -0.15) is 0 Å². The van der Waals surface area contributed by atoms with Crippen LogP contribution in [0.1, 0.15) is 26.2 Å². The molecule has 0 spiro atoms. The fourth-order valence-corrected chi connectivity index (χ4v) is 1.28. The first-order chi connectivity index (χ1) is 5.70. The lowest BCUT2D eigenvalue weighted by molar-refractivity contribution is 0.161. The maximum atomic E-state index is 5.71. The van der Waals surface area contributed by atoms with Crippen molar-refractivity contribution < 1.29 is 4.74 Å². The molecule has 3 heteroatoms. The summed E-state index contributed by atoms with van der Waals surface area (Å²) in [5, 5.41) is 3.55. The van der Waals surface area contributed by atoms with Gasteiger partial charge in [0.15, 0.2) is 0 Å². The highest BCUT2D eigenvalue weighted by Crippen LogP contribution is 2.23. The van der Waals surface area contributed by atoms with Crippen LogP contribution in [0.2, 0.25) is 0 Å². The van der Waals surface area contributed by atoms with Gasteiger partial charge in [0.2, 0.25) is 0 Å². The van der Waals surface area contributed by atoms with Crippen LogP contribution >= 0.6 is 0 Å². The minimum Gasteiger partial charge on any atom is -0.385 e. The smallest absolute Gasteiger partial charge is 0.0480 e. The largest absolute Gasteiger partial charge is 0.385 e. The number of hydrogen-bond acceptors (Lipinski definition) is 3. The zero-order valence-electron chi connectivity index (χ0n) is 8.10. The molecule has 72 valence electrons. The zero-order valence-corrected chi connectivity index (χ0v) is 8.10. The Hall–Kier alpha value is -0.120. The number of methoxy groups -OCH3 is 1. The van der Waals surface area contributed by atoms with Crippen molar-refractivity contribution in [1.29, 1.82) is 0 Å². The summed E-state index contributed by atoms with van der Waals surface area (Å²) in [7, 11) is 1.73. The fourth-order valence-electron chi connectivity index (χ4n) is 1.28. The standard InChI is InChI=1S/C9H20N2O/c1-9(7-10,5-6-12-2)11-8-3-4-8/h8,11H,3-7,10H2,1-2H3. The van der Waals surface area contributed by atoms with E-state index in [0.29, 0.717) is 6.54 Å². The van der Waals surface area contributed by atoms with Crippen LogP contribution in [0.15, 0.2) is 0 Å². The Morgan fingerprint density at radius 1 is 1.58 bits per heavy atom. The molecule has 1 unspecified atom stereocenters. The molecule has 0 saturated heterocycles. The molecule has 3 N–H and O–H groups in total. The molecule has 12 heavy (non-hydrogen) atoms. The van der Waals surface area contributed by atoms with Gasteiger partial charge in [-0.1, -0.05) is 0 Å². The van der Waals surface area contributed by atoms with Crippen LogP contribution in [0.4, 0.5) is 0 Å². The molecule has 0 aromatic rings. The van der Waals surface area contributed by atoms with Crippen LogP contribution in [0.25, 0.3) is 0 Å². The average molecular weight is 172 g/mol. The number of ether oxygens (including phenoxy) is 1. The first kappa shape index (κ1) is 9.96. The van der Waals surface area contributed by atoms with E-state index in [1.54, 1.807) is 7.11 Å². The van der Waals surface area contributed by atoms with Crippen molar-refractivity contribution in [3.63, 3.8) is 0 Å². The van der Waals surface area contributed by atoms with E-state index >= 15 is 0 Å². The van der Waals surface area contributed by atoms with E-state index in [2.05, 4.69) is 12.2 Å². The molecule has 0 heterocycles.